The van der Waals surface area contributed by atoms with Gasteiger partial charge < -0.3 is 10.2 Å². The van der Waals surface area contributed by atoms with E-state index in [1.165, 1.54) is 22.9 Å². The molecule has 2 heterocycles. The molecule has 0 spiro atoms. The van der Waals surface area contributed by atoms with Crippen molar-refractivity contribution in [1.29, 1.82) is 0 Å². The molecular weight excluding hydrogens is 941 g/mol. The number of nitrogens with zero attached hydrogens (tertiary/aromatic N) is 2. The van der Waals surface area contributed by atoms with Crippen molar-refractivity contribution in [2.75, 3.05) is 35.6 Å². The van der Waals surface area contributed by atoms with Crippen LogP contribution >= 0.6 is 39.5 Å². The summed E-state index contributed by atoms with van der Waals surface area (Å²) in [5, 5.41) is 3.77. The molecular formula is C46H49BrClF3N4O4S3. The van der Waals surface area contributed by atoms with Gasteiger partial charge in [-0.25, -0.2) is 25.5 Å². The van der Waals surface area contributed by atoms with E-state index in [0.29, 0.717) is 40.7 Å². The highest BCUT2D eigenvalue weighted by atomic mass is 79.9. The Morgan fingerprint density at radius 1 is 0.839 bits per heavy atom. The molecule has 0 bridgehead atoms. The van der Waals surface area contributed by atoms with Gasteiger partial charge >= 0.3 is 5.51 Å². The molecule has 3 atom stereocenters. The summed E-state index contributed by atoms with van der Waals surface area (Å²) in [6.07, 6.45) is 4.31. The number of halogens is 5. The fraction of sp³-hybridized carbons (Fsp3) is 0.348. The predicted molar refractivity (Wildman–Crippen MR) is 248 cm³/mol. The predicted octanol–water partition coefficient (Wildman–Crippen LogP) is 11.5. The normalized spacial score (nSPS) is 17.8. The molecule has 0 aliphatic carbocycles. The monoisotopic (exact) mass is 988 g/mol. The van der Waals surface area contributed by atoms with Gasteiger partial charge in [-0.15, -0.1) is 11.8 Å². The second kappa shape index (κ2) is 20.1. The maximum atomic E-state index is 14.2. The number of thioether (sulfide) groups is 1. The number of sulfone groups is 1. The van der Waals surface area contributed by atoms with Gasteiger partial charge in [-0.3, -0.25) is 0 Å². The average Bonchev–Trinajstić information content (AvgIpc) is 3.68. The lowest BCUT2D eigenvalue weighted by Crippen LogP contribution is -2.35. The van der Waals surface area contributed by atoms with E-state index >= 15 is 0 Å². The Morgan fingerprint density at radius 2 is 1.52 bits per heavy atom. The number of benzene rings is 5. The number of sulfonamides is 1. The Labute approximate surface area is 380 Å². The second-order valence-electron chi connectivity index (χ2n) is 15.9. The number of rotatable bonds is 16. The molecule has 62 heavy (non-hydrogen) atoms. The van der Waals surface area contributed by atoms with Crippen LogP contribution < -0.4 is 14.9 Å². The minimum absolute atomic E-state index is 0.0704. The van der Waals surface area contributed by atoms with Gasteiger partial charge in [-0.05, 0) is 121 Å². The fourth-order valence-electron chi connectivity index (χ4n) is 8.38. The number of anilines is 2. The van der Waals surface area contributed by atoms with E-state index < -0.39 is 41.2 Å². The molecule has 5 aromatic rings. The van der Waals surface area contributed by atoms with Crippen LogP contribution in [0, 0.1) is 5.92 Å². The van der Waals surface area contributed by atoms with Gasteiger partial charge in [0.2, 0.25) is 10.0 Å². The molecule has 16 heteroatoms. The van der Waals surface area contributed by atoms with Crippen molar-refractivity contribution >= 4 is 70.7 Å². The highest BCUT2D eigenvalue weighted by Gasteiger charge is 2.48. The van der Waals surface area contributed by atoms with Crippen LogP contribution in [0.5, 0.6) is 0 Å². The van der Waals surface area contributed by atoms with Crippen LogP contribution in [0.2, 0.25) is 5.02 Å². The third kappa shape index (κ3) is 11.2. The van der Waals surface area contributed by atoms with Crippen molar-refractivity contribution in [2.45, 2.75) is 83.8 Å². The Bertz CT molecular complexity index is 2510. The molecule has 2 unspecified atom stereocenters. The van der Waals surface area contributed by atoms with Gasteiger partial charge in [-0.2, -0.15) is 13.2 Å². The lowest BCUT2D eigenvalue weighted by atomic mass is 9.78. The lowest BCUT2D eigenvalue weighted by Gasteiger charge is -2.37. The molecule has 0 radical (unpaired) electrons. The number of alkyl halides is 3. The van der Waals surface area contributed by atoms with Crippen LogP contribution in [-0.4, -0.2) is 63.7 Å². The van der Waals surface area contributed by atoms with Crippen LogP contribution in [0.3, 0.4) is 0 Å². The number of hydrogen-bond donors (Lipinski definition) is 2. The number of hydrogen-bond acceptors (Lipinski definition) is 8. The molecule has 330 valence electrons. The van der Waals surface area contributed by atoms with Gasteiger partial charge in [0.05, 0.1) is 10.6 Å². The van der Waals surface area contributed by atoms with E-state index in [9.17, 15) is 30.0 Å². The van der Waals surface area contributed by atoms with E-state index in [4.69, 9.17) is 11.6 Å². The molecule has 7 rings (SSSR count). The highest BCUT2D eigenvalue weighted by molar-refractivity contribution is 9.07. The molecule has 2 N–H and O–H groups in total. The molecule has 0 amide bonds. The van der Waals surface area contributed by atoms with Gasteiger partial charge in [0.15, 0.2) is 0 Å². The minimum atomic E-state index is -5.95. The van der Waals surface area contributed by atoms with Crippen LogP contribution in [0.25, 0.3) is 11.1 Å². The Morgan fingerprint density at radius 3 is 2.18 bits per heavy atom. The topological polar surface area (TPSA) is 98.8 Å². The first-order valence-electron chi connectivity index (χ1n) is 20.6. The van der Waals surface area contributed by atoms with Crippen molar-refractivity contribution in [3.05, 3.63) is 137 Å². The molecule has 5 aromatic carbocycles. The second-order valence-corrected chi connectivity index (χ2v) is 22.0. The summed E-state index contributed by atoms with van der Waals surface area (Å²) in [6, 6.07) is 35.9. The van der Waals surface area contributed by atoms with Crippen molar-refractivity contribution in [3.8, 4) is 11.1 Å². The zero-order valence-electron chi connectivity index (χ0n) is 34.1. The summed E-state index contributed by atoms with van der Waals surface area (Å²) in [5.41, 5.74) is -0.666. The lowest BCUT2D eigenvalue weighted by molar-refractivity contribution is -0.0435. The van der Waals surface area contributed by atoms with Crippen LogP contribution in [0.4, 0.5) is 24.5 Å². The van der Waals surface area contributed by atoms with Gasteiger partial charge in [-0.1, -0.05) is 85.3 Å². The van der Waals surface area contributed by atoms with Crippen molar-refractivity contribution < 1.29 is 30.0 Å². The third-order valence-electron chi connectivity index (χ3n) is 11.9. The first-order chi connectivity index (χ1) is 29.6. The average molecular weight is 990 g/mol. The first-order valence-corrected chi connectivity index (χ1v) is 25.6. The fourth-order valence-corrected chi connectivity index (χ4v) is 12.2. The van der Waals surface area contributed by atoms with Gasteiger partial charge in [0.25, 0.3) is 9.84 Å². The SMILES string of the molecule is CC(c1ccccc1-c1ccc(Cl)cc1)C1CCN(c2ccc(CNS(=O)(=O)c3ccc(N[C@@H](CSc4ccccc4)CC4CCCN4Br)c(S(=O)(=O)C(F)(F)F)c3)cc2)CC1. The summed E-state index contributed by atoms with van der Waals surface area (Å²) in [4.78, 5) is 1.53. The molecule has 2 fully saturated rings. The Balaban J connectivity index is 1.01. The maximum Gasteiger partial charge on any atom is 0.501 e. The Kier molecular flexibility index (Phi) is 15.0. The largest absolute Gasteiger partial charge is 0.501 e. The van der Waals surface area contributed by atoms with Crippen molar-refractivity contribution in [2.24, 2.45) is 5.92 Å². The van der Waals surface area contributed by atoms with Crippen molar-refractivity contribution in [1.82, 2.24) is 8.65 Å². The minimum Gasteiger partial charge on any atom is -0.380 e. The quantitative estimate of drug-likeness (QED) is 0.0745. The molecule has 2 aliphatic heterocycles. The van der Waals surface area contributed by atoms with E-state index in [1.807, 2.05) is 70.7 Å². The maximum absolute atomic E-state index is 14.2. The first kappa shape index (κ1) is 46.4. The van der Waals surface area contributed by atoms with Gasteiger partial charge in [0, 0.05) is 75.8 Å². The molecule has 0 aromatic heterocycles. The van der Waals surface area contributed by atoms with E-state index in [2.05, 4.69) is 74.4 Å². The molecule has 0 saturated carbocycles. The zero-order valence-corrected chi connectivity index (χ0v) is 38.9. The summed E-state index contributed by atoms with van der Waals surface area (Å²) < 4.78 is 100. The van der Waals surface area contributed by atoms with Crippen molar-refractivity contribution in [3.63, 3.8) is 0 Å². The van der Waals surface area contributed by atoms with Crippen LogP contribution in [0.1, 0.15) is 56.1 Å². The molecule has 2 saturated heterocycles. The molecule has 2 aliphatic rings. The summed E-state index contributed by atoms with van der Waals surface area (Å²) in [5.74, 6) is 1.26. The highest BCUT2D eigenvalue weighted by Crippen LogP contribution is 2.40. The van der Waals surface area contributed by atoms with E-state index in [1.54, 1.807) is 0 Å². The Hall–Kier alpha value is -3.57. The number of nitrogens with one attached hydrogen (secondary N) is 2. The zero-order chi connectivity index (χ0) is 44.1. The smallest absolute Gasteiger partial charge is 0.380 e. The summed E-state index contributed by atoms with van der Waals surface area (Å²) >= 11 is 11.2. The standard InChI is InChI=1S/C46H49BrClF3N4O4S3/c1-32(42-11-5-6-12-43(42)35-15-17-36(48)18-16-35)34-23-26-54(27-24-34)38-19-13-33(14-20-38)30-52-62(58,59)41-21-22-44(45(29-41)61(56,57)46(49,50)51)53-37(28-39-8-7-25-55(39)47)31-60-40-9-3-2-4-10-40/h2-6,9-22,29,32,34,37,39,52-53H,7-8,23-28,30-31H2,1H3/t32?,37-,39?/m1/s1. The van der Waals surface area contributed by atoms with Crippen LogP contribution in [0.15, 0.2) is 136 Å². The summed E-state index contributed by atoms with van der Waals surface area (Å²) in [7, 11) is -10.4. The van der Waals surface area contributed by atoms with E-state index in [-0.39, 0.29) is 18.3 Å². The van der Waals surface area contributed by atoms with Gasteiger partial charge in [0.1, 0.15) is 4.90 Å². The van der Waals surface area contributed by atoms with Crippen LogP contribution in [-0.2, 0) is 26.4 Å². The summed E-state index contributed by atoms with van der Waals surface area (Å²) in [6.45, 7) is 4.67. The third-order valence-corrected chi connectivity index (χ3v) is 17.2. The number of piperidine rings is 1. The van der Waals surface area contributed by atoms with E-state index in [0.717, 1.165) is 73.6 Å². The molecule has 8 nitrogen and oxygen atoms in total.